The number of hydrogen-bond donors (Lipinski definition) is 1. The van der Waals surface area contributed by atoms with E-state index in [0.717, 1.165) is 10.8 Å². The lowest BCUT2D eigenvalue weighted by Crippen LogP contribution is -2.22. The number of carbonyl (C=O) groups excluding carboxylic acids is 2. The monoisotopic (exact) mass is 359 g/mol. The molecule has 3 nitrogen and oxygen atoms in total. The van der Waals surface area contributed by atoms with Crippen molar-refractivity contribution in [1.29, 1.82) is 0 Å². The van der Waals surface area contributed by atoms with E-state index in [1.807, 2.05) is 61.5 Å². The summed E-state index contributed by atoms with van der Waals surface area (Å²) in [5.41, 5.74) is 3.22. The molecule has 3 aromatic rings. The molecule has 1 N–H and O–H groups in total. The van der Waals surface area contributed by atoms with Crippen LogP contribution < -0.4 is 5.32 Å². The number of benzene rings is 3. The van der Waals surface area contributed by atoms with Crippen molar-refractivity contribution in [3.05, 3.63) is 82.9 Å². The fraction of sp³-hybridized carbons (Fsp3) is 0.250. The molecule has 0 aliphatic rings. The van der Waals surface area contributed by atoms with Gasteiger partial charge in [-0.25, -0.2) is 0 Å². The Morgan fingerprint density at radius 3 is 1.85 bits per heavy atom. The minimum atomic E-state index is -0.0847. The van der Waals surface area contributed by atoms with E-state index in [-0.39, 0.29) is 17.1 Å². The van der Waals surface area contributed by atoms with Crippen LogP contribution in [-0.4, -0.2) is 18.2 Å². The lowest BCUT2D eigenvalue weighted by atomic mass is 9.86. The molecule has 138 valence electrons. The molecule has 0 radical (unpaired) electrons. The number of nitrogens with one attached hydrogen (secondary N) is 1. The normalized spacial score (nSPS) is 11.4. The largest absolute Gasteiger partial charge is 0.352 e. The van der Waals surface area contributed by atoms with Gasteiger partial charge >= 0.3 is 0 Å². The summed E-state index contributed by atoms with van der Waals surface area (Å²) in [5, 5.41) is 4.69. The van der Waals surface area contributed by atoms with Crippen molar-refractivity contribution in [2.75, 3.05) is 6.54 Å². The number of ketones is 1. The van der Waals surface area contributed by atoms with Crippen LogP contribution in [0.5, 0.6) is 0 Å². The summed E-state index contributed by atoms with van der Waals surface area (Å²) >= 11 is 0. The Morgan fingerprint density at radius 1 is 0.778 bits per heavy atom. The number of fused-ring (bicyclic) bond motifs is 1. The van der Waals surface area contributed by atoms with Crippen LogP contribution in [0.3, 0.4) is 0 Å². The van der Waals surface area contributed by atoms with E-state index in [4.69, 9.17) is 0 Å². The van der Waals surface area contributed by atoms with Crippen LogP contribution in [0.15, 0.2) is 60.7 Å². The minimum absolute atomic E-state index is 0.00478. The van der Waals surface area contributed by atoms with Crippen LogP contribution in [0.25, 0.3) is 10.8 Å². The van der Waals surface area contributed by atoms with Crippen molar-refractivity contribution in [2.45, 2.75) is 33.1 Å². The fourth-order valence-electron chi connectivity index (χ4n) is 3.08. The van der Waals surface area contributed by atoms with Crippen molar-refractivity contribution in [3.8, 4) is 0 Å². The van der Waals surface area contributed by atoms with Crippen LogP contribution in [0.4, 0.5) is 0 Å². The van der Waals surface area contributed by atoms with Gasteiger partial charge in [-0.1, -0.05) is 63.2 Å². The van der Waals surface area contributed by atoms with Gasteiger partial charge in [0.05, 0.1) is 0 Å². The van der Waals surface area contributed by atoms with Crippen molar-refractivity contribution in [1.82, 2.24) is 5.32 Å². The first-order chi connectivity index (χ1) is 12.8. The molecule has 0 bridgehead atoms. The molecule has 0 aromatic heterocycles. The van der Waals surface area contributed by atoms with Crippen molar-refractivity contribution < 1.29 is 9.59 Å². The minimum Gasteiger partial charge on any atom is -0.352 e. The molecule has 0 spiro atoms. The Bertz CT molecular complexity index is 995. The predicted octanol–water partition coefficient (Wildman–Crippen LogP) is 5.12. The highest BCUT2D eigenvalue weighted by atomic mass is 16.1. The first kappa shape index (κ1) is 18.8. The van der Waals surface area contributed by atoms with Crippen LogP contribution in [0.1, 0.15) is 59.5 Å². The molecule has 1 amide bonds. The average molecular weight is 359 g/mol. The first-order valence-electron chi connectivity index (χ1n) is 9.27. The summed E-state index contributed by atoms with van der Waals surface area (Å²) in [4.78, 5) is 24.8. The SMILES string of the molecule is CCNC(=O)c1ccc2cc(C(=O)c3ccc(C(C)(C)C)cc3)ccc2c1. The van der Waals surface area contributed by atoms with E-state index in [0.29, 0.717) is 23.2 Å². The Balaban J connectivity index is 1.89. The molecule has 0 saturated heterocycles. The lowest BCUT2D eigenvalue weighted by Gasteiger charge is -2.19. The highest BCUT2D eigenvalue weighted by Crippen LogP contribution is 2.24. The van der Waals surface area contributed by atoms with Crippen molar-refractivity contribution in [3.63, 3.8) is 0 Å². The Labute approximate surface area is 160 Å². The van der Waals surface area contributed by atoms with Gasteiger partial charge in [-0.3, -0.25) is 9.59 Å². The maximum Gasteiger partial charge on any atom is 0.251 e. The van der Waals surface area contributed by atoms with E-state index >= 15 is 0 Å². The molecule has 27 heavy (non-hydrogen) atoms. The molecular weight excluding hydrogens is 334 g/mol. The van der Waals surface area contributed by atoms with Crippen molar-refractivity contribution in [2.24, 2.45) is 0 Å². The van der Waals surface area contributed by atoms with Gasteiger partial charge in [-0.2, -0.15) is 0 Å². The zero-order valence-corrected chi connectivity index (χ0v) is 16.3. The quantitative estimate of drug-likeness (QED) is 0.657. The Hall–Kier alpha value is -2.94. The van der Waals surface area contributed by atoms with Gasteiger partial charge in [0.25, 0.3) is 5.91 Å². The van der Waals surface area contributed by atoms with Gasteiger partial charge < -0.3 is 5.32 Å². The number of carbonyl (C=O) groups is 2. The Kier molecular flexibility index (Phi) is 5.13. The highest BCUT2D eigenvalue weighted by molar-refractivity contribution is 6.11. The number of hydrogen-bond acceptors (Lipinski definition) is 2. The first-order valence-corrected chi connectivity index (χ1v) is 9.27. The van der Waals surface area contributed by atoms with Gasteiger partial charge in [-0.05, 0) is 46.9 Å². The van der Waals surface area contributed by atoms with Gasteiger partial charge in [-0.15, -0.1) is 0 Å². The zero-order chi connectivity index (χ0) is 19.6. The van der Waals surface area contributed by atoms with Crippen LogP contribution in [0, 0.1) is 0 Å². The summed E-state index contributed by atoms with van der Waals surface area (Å²) in [6.07, 6.45) is 0. The smallest absolute Gasteiger partial charge is 0.251 e. The lowest BCUT2D eigenvalue weighted by molar-refractivity contribution is 0.0955. The molecule has 0 saturated carbocycles. The fourth-order valence-corrected chi connectivity index (χ4v) is 3.08. The molecule has 0 atom stereocenters. The highest BCUT2D eigenvalue weighted by Gasteiger charge is 2.15. The second-order valence-corrected chi connectivity index (χ2v) is 7.79. The molecule has 0 fully saturated rings. The molecule has 3 heteroatoms. The third-order valence-corrected chi connectivity index (χ3v) is 4.72. The van der Waals surface area contributed by atoms with Gasteiger partial charge in [0.2, 0.25) is 0 Å². The summed E-state index contributed by atoms with van der Waals surface area (Å²) in [5.74, 6) is -0.0800. The second-order valence-electron chi connectivity index (χ2n) is 7.79. The van der Waals surface area contributed by atoms with Crippen LogP contribution >= 0.6 is 0 Å². The number of rotatable bonds is 4. The molecule has 3 rings (SSSR count). The van der Waals surface area contributed by atoms with Gasteiger partial charge in [0.1, 0.15) is 0 Å². The third-order valence-electron chi connectivity index (χ3n) is 4.72. The average Bonchev–Trinajstić information content (AvgIpc) is 2.66. The summed E-state index contributed by atoms with van der Waals surface area (Å²) < 4.78 is 0. The topological polar surface area (TPSA) is 46.2 Å². The molecular formula is C24H25NO2. The summed E-state index contributed by atoms with van der Waals surface area (Å²) in [6, 6.07) is 19.0. The predicted molar refractivity (Wildman–Crippen MR) is 111 cm³/mol. The van der Waals surface area contributed by atoms with Crippen LogP contribution in [-0.2, 0) is 5.41 Å². The Morgan fingerprint density at radius 2 is 1.30 bits per heavy atom. The summed E-state index contributed by atoms with van der Waals surface area (Å²) in [7, 11) is 0. The molecule has 0 heterocycles. The second kappa shape index (κ2) is 7.36. The van der Waals surface area contributed by atoms with Gasteiger partial charge in [0, 0.05) is 23.2 Å². The molecule has 0 aliphatic heterocycles. The third kappa shape index (κ3) is 4.08. The van der Waals surface area contributed by atoms with Crippen molar-refractivity contribution >= 4 is 22.5 Å². The van der Waals surface area contributed by atoms with E-state index in [1.54, 1.807) is 6.07 Å². The van der Waals surface area contributed by atoms with Crippen LogP contribution in [0.2, 0.25) is 0 Å². The molecule has 3 aromatic carbocycles. The maximum atomic E-state index is 12.8. The molecule has 0 unspecified atom stereocenters. The zero-order valence-electron chi connectivity index (χ0n) is 16.3. The molecule has 0 aliphatic carbocycles. The summed E-state index contributed by atoms with van der Waals surface area (Å²) in [6.45, 7) is 8.95. The van der Waals surface area contributed by atoms with E-state index in [1.165, 1.54) is 5.56 Å². The van der Waals surface area contributed by atoms with E-state index < -0.39 is 0 Å². The van der Waals surface area contributed by atoms with E-state index in [2.05, 4.69) is 26.1 Å². The standard InChI is InChI=1S/C24H25NO2/c1-5-25-23(27)20-9-7-17-14-19(8-6-18(17)15-20)22(26)16-10-12-21(13-11-16)24(2,3)4/h6-15H,5H2,1-4H3,(H,25,27). The van der Waals surface area contributed by atoms with Gasteiger partial charge in [0.15, 0.2) is 5.78 Å². The van der Waals surface area contributed by atoms with E-state index in [9.17, 15) is 9.59 Å². The maximum absolute atomic E-state index is 12.8. The number of amides is 1.